The second kappa shape index (κ2) is 11.2. The summed E-state index contributed by atoms with van der Waals surface area (Å²) in [5.41, 5.74) is 2.08. The SMILES string of the molecule is CCc1nc2sc(N3CCN(CC(=O)N4CC(O)C4)C(C)C3C)nn2c1N(C)c1nc(-c2ccc(F)cc2)c(C#N)s1. The third-order valence-corrected chi connectivity index (χ3v) is 10.2. The smallest absolute Gasteiger partial charge is 0.236 e. The van der Waals surface area contributed by atoms with Gasteiger partial charge in [-0.2, -0.15) is 9.78 Å². The van der Waals surface area contributed by atoms with Gasteiger partial charge in [0.15, 0.2) is 10.9 Å². The van der Waals surface area contributed by atoms with Crippen LogP contribution in [0.2, 0.25) is 0 Å². The molecule has 0 radical (unpaired) electrons. The first-order valence-electron chi connectivity index (χ1n) is 13.9. The van der Waals surface area contributed by atoms with E-state index in [2.05, 4.69) is 29.7 Å². The number of likely N-dealkylation sites (tertiary alicyclic amines) is 1. The number of amides is 1. The van der Waals surface area contributed by atoms with E-state index in [9.17, 15) is 19.6 Å². The topological polar surface area (TPSA) is 117 Å². The Morgan fingerprint density at radius 2 is 1.90 bits per heavy atom. The molecule has 5 heterocycles. The van der Waals surface area contributed by atoms with Crippen LogP contribution < -0.4 is 9.80 Å². The molecule has 2 fully saturated rings. The Labute approximate surface area is 251 Å². The predicted octanol–water partition coefficient (Wildman–Crippen LogP) is 3.36. The van der Waals surface area contributed by atoms with E-state index in [1.165, 1.54) is 34.8 Å². The number of imidazole rings is 1. The average molecular weight is 610 g/mol. The highest BCUT2D eigenvalue weighted by Crippen LogP contribution is 2.38. The number of carbonyl (C=O) groups excluding carboxylic acids is 1. The fourth-order valence-electron chi connectivity index (χ4n) is 5.52. The van der Waals surface area contributed by atoms with Crippen LogP contribution in [0.25, 0.3) is 16.2 Å². The molecule has 3 aromatic heterocycles. The van der Waals surface area contributed by atoms with E-state index in [0.717, 1.165) is 34.7 Å². The Balaban J connectivity index is 1.25. The largest absolute Gasteiger partial charge is 0.389 e. The zero-order valence-corrected chi connectivity index (χ0v) is 25.5. The monoisotopic (exact) mass is 609 g/mol. The second-order valence-electron chi connectivity index (χ2n) is 10.8. The lowest BCUT2D eigenvalue weighted by Crippen LogP contribution is -2.61. The van der Waals surface area contributed by atoms with Crippen LogP contribution in [-0.4, -0.2) is 98.4 Å². The van der Waals surface area contributed by atoms with Gasteiger partial charge in [0.1, 0.15) is 22.5 Å². The number of aromatic nitrogens is 4. The number of rotatable bonds is 7. The average Bonchev–Trinajstić information content (AvgIpc) is 3.66. The number of nitriles is 1. The van der Waals surface area contributed by atoms with Crippen molar-refractivity contribution in [3.63, 3.8) is 0 Å². The first-order chi connectivity index (χ1) is 20.2. The molecule has 0 spiro atoms. The number of aliphatic hydroxyl groups excluding tert-OH is 1. The van der Waals surface area contributed by atoms with Crippen molar-refractivity contribution in [3.8, 4) is 17.3 Å². The first-order valence-corrected chi connectivity index (χ1v) is 15.6. The molecule has 1 N–H and O–H groups in total. The number of halogens is 1. The van der Waals surface area contributed by atoms with E-state index in [4.69, 9.17) is 15.1 Å². The summed E-state index contributed by atoms with van der Waals surface area (Å²) in [6.07, 6.45) is 0.296. The Morgan fingerprint density at radius 3 is 2.57 bits per heavy atom. The number of aliphatic hydroxyl groups is 1. The number of anilines is 3. The number of hydrogen-bond donors (Lipinski definition) is 1. The highest BCUT2D eigenvalue weighted by atomic mass is 32.1. The standard InChI is InChI=1S/C28H32FN9O2S2/c1-5-21-25(34(4)26-32-24(22(12-30)41-26)18-6-8-19(29)9-7-18)38-27(31-21)42-28(33-38)37-11-10-35(16(2)17(37)3)15-23(40)36-13-20(39)14-36/h6-9,16-17,20,39H,5,10-11,13-15H2,1-4H3. The van der Waals surface area contributed by atoms with Crippen LogP contribution >= 0.6 is 22.7 Å². The lowest BCUT2D eigenvalue weighted by Gasteiger charge is -2.45. The van der Waals surface area contributed by atoms with Crippen molar-refractivity contribution >= 4 is 49.6 Å². The van der Waals surface area contributed by atoms with E-state index >= 15 is 0 Å². The van der Waals surface area contributed by atoms with Crippen molar-refractivity contribution in [1.82, 2.24) is 29.4 Å². The Bertz CT molecular complexity index is 1650. The van der Waals surface area contributed by atoms with E-state index in [-0.39, 0.29) is 23.8 Å². The third kappa shape index (κ3) is 5.00. The summed E-state index contributed by atoms with van der Waals surface area (Å²) >= 11 is 2.80. The fraction of sp³-hybridized carbons (Fsp3) is 0.464. The van der Waals surface area contributed by atoms with E-state index in [1.54, 1.807) is 17.0 Å². The number of fused-ring (bicyclic) bond motifs is 1. The van der Waals surface area contributed by atoms with Gasteiger partial charge >= 0.3 is 0 Å². The maximum atomic E-state index is 13.5. The summed E-state index contributed by atoms with van der Waals surface area (Å²) in [5.74, 6) is 0.509. The molecule has 2 saturated heterocycles. The maximum absolute atomic E-state index is 13.5. The highest BCUT2D eigenvalue weighted by molar-refractivity contribution is 7.20. The number of benzene rings is 1. The van der Waals surface area contributed by atoms with Crippen LogP contribution in [0.15, 0.2) is 24.3 Å². The molecule has 2 aliphatic heterocycles. The van der Waals surface area contributed by atoms with Gasteiger partial charge < -0.3 is 19.8 Å². The minimum absolute atomic E-state index is 0.0598. The van der Waals surface area contributed by atoms with Gasteiger partial charge in [-0.15, -0.1) is 5.10 Å². The summed E-state index contributed by atoms with van der Waals surface area (Å²) in [5, 5.41) is 25.8. The van der Waals surface area contributed by atoms with Crippen LogP contribution in [-0.2, 0) is 11.2 Å². The van der Waals surface area contributed by atoms with Crippen LogP contribution in [0.5, 0.6) is 0 Å². The molecule has 0 aliphatic carbocycles. The van der Waals surface area contributed by atoms with Gasteiger partial charge in [0.2, 0.25) is 16.0 Å². The molecule has 4 aromatic rings. The van der Waals surface area contributed by atoms with Crippen LogP contribution in [0.1, 0.15) is 31.3 Å². The molecule has 14 heteroatoms. The first kappa shape index (κ1) is 28.5. The van der Waals surface area contributed by atoms with Crippen molar-refractivity contribution in [2.75, 3.05) is 49.6 Å². The van der Waals surface area contributed by atoms with Crippen molar-refractivity contribution in [3.05, 3.63) is 40.7 Å². The number of piperazine rings is 1. The number of thiazole rings is 1. The molecular formula is C28H32FN9O2S2. The van der Waals surface area contributed by atoms with Crippen LogP contribution in [0.4, 0.5) is 20.5 Å². The molecule has 11 nitrogen and oxygen atoms in total. The Hall–Kier alpha value is -3.64. The number of carbonyl (C=O) groups is 1. The summed E-state index contributed by atoms with van der Waals surface area (Å²) in [7, 11) is 1.90. The normalized spacial score (nSPS) is 19.7. The van der Waals surface area contributed by atoms with Crippen molar-refractivity contribution in [2.45, 2.75) is 45.4 Å². The molecular weight excluding hydrogens is 578 g/mol. The molecule has 2 aliphatic rings. The third-order valence-electron chi connectivity index (χ3n) is 8.21. The molecule has 2 atom stereocenters. The number of nitrogens with zero attached hydrogens (tertiary/aromatic N) is 9. The van der Waals surface area contributed by atoms with Gasteiger partial charge in [-0.3, -0.25) is 9.69 Å². The molecule has 2 unspecified atom stereocenters. The molecule has 6 rings (SSSR count). The molecule has 0 bridgehead atoms. The minimum atomic E-state index is -0.399. The second-order valence-corrected chi connectivity index (χ2v) is 12.7. The molecule has 42 heavy (non-hydrogen) atoms. The lowest BCUT2D eigenvalue weighted by atomic mass is 10.0. The summed E-state index contributed by atoms with van der Waals surface area (Å²) in [6.45, 7) is 8.97. The van der Waals surface area contributed by atoms with Crippen molar-refractivity contribution < 1.29 is 14.3 Å². The summed E-state index contributed by atoms with van der Waals surface area (Å²) in [4.78, 5) is 31.6. The van der Waals surface area contributed by atoms with E-state index in [0.29, 0.717) is 47.3 Å². The fourth-order valence-corrected chi connectivity index (χ4v) is 7.39. The quantitative estimate of drug-likeness (QED) is 0.337. The van der Waals surface area contributed by atoms with Crippen molar-refractivity contribution in [1.29, 1.82) is 5.26 Å². The molecule has 220 valence electrons. The number of aryl methyl sites for hydroxylation is 1. The summed E-state index contributed by atoms with van der Waals surface area (Å²) < 4.78 is 15.4. The zero-order chi connectivity index (χ0) is 29.7. The molecule has 1 amide bonds. The summed E-state index contributed by atoms with van der Waals surface area (Å²) in [6, 6.07) is 8.46. The lowest BCUT2D eigenvalue weighted by molar-refractivity contribution is -0.143. The van der Waals surface area contributed by atoms with Gasteiger partial charge in [-0.1, -0.05) is 29.6 Å². The Morgan fingerprint density at radius 1 is 1.17 bits per heavy atom. The molecule has 1 aromatic carbocycles. The van der Waals surface area contributed by atoms with Gasteiger partial charge in [0.05, 0.1) is 18.3 Å². The van der Waals surface area contributed by atoms with Crippen LogP contribution in [0.3, 0.4) is 0 Å². The van der Waals surface area contributed by atoms with E-state index < -0.39 is 6.10 Å². The van der Waals surface area contributed by atoms with Gasteiger partial charge in [0.25, 0.3) is 0 Å². The number of β-amino-alcohol motifs (C(OH)–C–C–N with tert-alkyl or cyclic N) is 1. The van der Waals surface area contributed by atoms with Crippen LogP contribution in [0, 0.1) is 17.1 Å². The minimum Gasteiger partial charge on any atom is -0.389 e. The van der Waals surface area contributed by atoms with Gasteiger partial charge in [-0.25, -0.2) is 14.4 Å². The maximum Gasteiger partial charge on any atom is 0.236 e. The highest BCUT2D eigenvalue weighted by Gasteiger charge is 2.36. The van der Waals surface area contributed by atoms with E-state index in [1.807, 2.05) is 23.4 Å². The predicted molar refractivity (Wildman–Crippen MR) is 161 cm³/mol. The Kier molecular flexibility index (Phi) is 7.61. The van der Waals surface area contributed by atoms with Gasteiger partial charge in [0, 0.05) is 50.9 Å². The van der Waals surface area contributed by atoms with Gasteiger partial charge in [-0.05, 0) is 44.5 Å². The number of hydrogen-bond acceptors (Lipinski definition) is 11. The zero-order valence-electron chi connectivity index (χ0n) is 23.9. The molecule has 0 saturated carbocycles. The van der Waals surface area contributed by atoms with Crippen molar-refractivity contribution in [2.24, 2.45) is 0 Å².